The summed E-state index contributed by atoms with van der Waals surface area (Å²) in [6.07, 6.45) is 1.37. The van der Waals surface area contributed by atoms with Crippen molar-refractivity contribution in [1.82, 2.24) is 15.6 Å². The summed E-state index contributed by atoms with van der Waals surface area (Å²) in [6, 6.07) is 2.10. The van der Waals surface area contributed by atoms with Crippen LogP contribution in [0, 0.1) is 0 Å². The van der Waals surface area contributed by atoms with E-state index in [0.717, 1.165) is 0 Å². The van der Waals surface area contributed by atoms with E-state index < -0.39 is 25.4 Å². The second kappa shape index (κ2) is 7.95. The summed E-state index contributed by atoms with van der Waals surface area (Å²) in [6.45, 7) is -5.71. The van der Waals surface area contributed by atoms with Crippen molar-refractivity contribution in [3.05, 3.63) is 23.9 Å². The van der Waals surface area contributed by atoms with Gasteiger partial charge in [-0.3, -0.25) is 0 Å². The van der Waals surface area contributed by atoms with Crippen molar-refractivity contribution < 1.29 is 31.8 Å². The lowest BCUT2D eigenvalue weighted by molar-refractivity contribution is -0.184. The number of amides is 2. The maximum absolute atomic E-state index is 12.1. The third-order valence-electron chi connectivity index (χ3n) is 3.19. The summed E-state index contributed by atoms with van der Waals surface area (Å²) in [7, 11) is 0. The molecule has 0 saturated heterocycles. The Morgan fingerprint density at radius 1 is 1.30 bits per heavy atom. The molecule has 0 aromatic carbocycles. The Labute approximate surface area is 129 Å². The zero-order valence-electron chi connectivity index (χ0n) is 11.8. The molecule has 0 radical (unpaired) electrons. The third kappa shape index (κ3) is 5.89. The van der Waals surface area contributed by atoms with E-state index in [1.54, 1.807) is 0 Å². The average Bonchev–Trinajstić information content (AvgIpc) is 2.42. The first-order valence-corrected chi connectivity index (χ1v) is 6.80. The Hall–Kier alpha value is -2.10. The minimum Gasteiger partial charge on any atom is -0.417 e. The highest BCUT2D eigenvalue weighted by molar-refractivity contribution is 5.74. The van der Waals surface area contributed by atoms with Gasteiger partial charge in [-0.1, -0.05) is 0 Å². The molecule has 2 rings (SSSR count). The van der Waals surface area contributed by atoms with Crippen molar-refractivity contribution in [3.8, 4) is 5.88 Å². The molecule has 1 saturated carbocycles. The second-order valence-electron chi connectivity index (χ2n) is 4.89. The highest BCUT2D eigenvalue weighted by Gasteiger charge is 2.32. The van der Waals surface area contributed by atoms with Crippen molar-refractivity contribution >= 4 is 6.03 Å². The molecule has 1 aliphatic carbocycles. The predicted molar refractivity (Wildman–Crippen MR) is 70.1 cm³/mol. The minimum absolute atomic E-state index is 0.0810. The monoisotopic (exact) mass is 337 g/mol. The summed E-state index contributed by atoms with van der Waals surface area (Å²) in [5, 5.41) is 5.12. The molecule has 23 heavy (non-hydrogen) atoms. The fourth-order valence-electron chi connectivity index (χ4n) is 2.07. The van der Waals surface area contributed by atoms with E-state index in [2.05, 4.69) is 25.1 Å². The second-order valence-corrected chi connectivity index (χ2v) is 4.89. The van der Waals surface area contributed by atoms with Gasteiger partial charge in [-0.15, -0.1) is 0 Å². The van der Waals surface area contributed by atoms with E-state index in [1.165, 1.54) is 18.3 Å². The topological polar surface area (TPSA) is 72.5 Å². The molecule has 2 amide bonds. The first-order valence-electron chi connectivity index (χ1n) is 6.80. The molecule has 1 aromatic heterocycles. The van der Waals surface area contributed by atoms with Gasteiger partial charge in [0, 0.05) is 24.8 Å². The van der Waals surface area contributed by atoms with Gasteiger partial charge in [0.25, 0.3) is 0 Å². The fraction of sp³-hybridized carbons (Fsp3) is 0.538. The number of aromatic nitrogens is 1. The van der Waals surface area contributed by atoms with Crippen LogP contribution in [0.25, 0.3) is 0 Å². The largest absolute Gasteiger partial charge is 0.417 e. The van der Waals surface area contributed by atoms with Gasteiger partial charge in [0.05, 0.1) is 6.10 Å². The van der Waals surface area contributed by atoms with E-state index in [9.17, 15) is 22.4 Å². The SMILES string of the molecule is O=C(NCc1ccnc(OC(F)F)c1)N[C@H]1C[C@@H](OC(F)F)C1. The number of hydrogen-bond donors (Lipinski definition) is 2. The van der Waals surface area contributed by atoms with Crippen molar-refractivity contribution in [2.75, 3.05) is 0 Å². The number of alkyl halides is 4. The molecule has 0 atom stereocenters. The van der Waals surface area contributed by atoms with Gasteiger partial charge in [-0.25, -0.2) is 9.78 Å². The standard InChI is InChI=1S/C13H15F4N3O3/c14-11(15)22-9-4-8(5-9)20-13(21)19-6-7-1-2-18-10(3-7)23-12(16)17/h1-3,8-9,11-12H,4-6H2,(H2,19,20,21)/t8-,9+. The fourth-order valence-corrected chi connectivity index (χ4v) is 2.07. The van der Waals surface area contributed by atoms with Crippen LogP contribution in [0.1, 0.15) is 18.4 Å². The number of carbonyl (C=O) groups excluding carboxylic acids is 1. The summed E-state index contributed by atoms with van der Waals surface area (Å²) in [5.74, 6) is -0.245. The Balaban J connectivity index is 1.69. The molecule has 0 spiro atoms. The van der Waals surface area contributed by atoms with Crippen LogP contribution in [0.3, 0.4) is 0 Å². The first kappa shape index (κ1) is 17.3. The van der Waals surface area contributed by atoms with Gasteiger partial charge >= 0.3 is 19.3 Å². The van der Waals surface area contributed by atoms with Gasteiger partial charge in [-0.2, -0.15) is 17.6 Å². The molecular weight excluding hydrogens is 322 g/mol. The van der Waals surface area contributed by atoms with Crippen LogP contribution in [0.5, 0.6) is 5.88 Å². The van der Waals surface area contributed by atoms with Crippen molar-refractivity contribution in [2.24, 2.45) is 0 Å². The Morgan fingerprint density at radius 3 is 2.70 bits per heavy atom. The molecule has 10 heteroatoms. The first-order chi connectivity index (χ1) is 10.9. The summed E-state index contributed by atoms with van der Waals surface area (Å²) < 4.78 is 56.4. The van der Waals surface area contributed by atoms with E-state index >= 15 is 0 Å². The van der Waals surface area contributed by atoms with Gasteiger partial charge in [0.1, 0.15) is 0 Å². The quantitative estimate of drug-likeness (QED) is 0.749. The lowest BCUT2D eigenvalue weighted by Gasteiger charge is -2.35. The zero-order chi connectivity index (χ0) is 16.8. The van der Waals surface area contributed by atoms with Crippen LogP contribution in [-0.4, -0.2) is 36.4 Å². The molecular formula is C13H15F4N3O3. The maximum atomic E-state index is 12.1. The molecule has 128 valence electrons. The van der Waals surface area contributed by atoms with Crippen molar-refractivity contribution in [3.63, 3.8) is 0 Å². The molecule has 0 bridgehead atoms. The molecule has 1 fully saturated rings. The van der Waals surface area contributed by atoms with Gasteiger partial charge < -0.3 is 20.1 Å². The number of rotatable bonds is 7. The van der Waals surface area contributed by atoms with Crippen LogP contribution in [0.2, 0.25) is 0 Å². The van der Waals surface area contributed by atoms with Gasteiger partial charge in [0.2, 0.25) is 5.88 Å². The molecule has 1 heterocycles. The lowest BCUT2D eigenvalue weighted by Crippen LogP contribution is -2.51. The number of nitrogens with zero attached hydrogens (tertiary/aromatic N) is 1. The average molecular weight is 337 g/mol. The normalized spacial score (nSPS) is 20.3. The Bertz CT molecular complexity index is 527. The summed E-state index contributed by atoms with van der Waals surface area (Å²) >= 11 is 0. The zero-order valence-corrected chi connectivity index (χ0v) is 11.8. The third-order valence-corrected chi connectivity index (χ3v) is 3.19. The molecule has 1 aromatic rings. The van der Waals surface area contributed by atoms with Crippen molar-refractivity contribution in [2.45, 2.75) is 44.8 Å². The maximum Gasteiger partial charge on any atom is 0.388 e. The highest BCUT2D eigenvalue weighted by Crippen LogP contribution is 2.25. The lowest BCUT2D eigenvalue weighted by atomic mass is 9.89. The Kier molecular flexibility index (Phi) is 5.97. The number of halogens is 4. The molecule has 0 aliphatic heterocycles. The van der Waals surface area contributed by atoms with Crippen molar-refractivity contribution in [1.29, 1.82) is 0 Å². The highest BCUT2D eigenvalue weighted by atomic mass is 19.3. The Morgan fingerprint density at radius 2 is 2.04 bits per heavy atom. The van der Waals surface area contributed by atoms with E-state index in [1.807, 2.05) is 0 Å². The number of ether oxygens (including phenoxy) is 2. The van der Waals surface area contributed by atoms with Crippen LogP contribution in [-0.2, 0) is 11.3 Å². The molecule has 1 aliphatic rings. The number of carbonyl (C=O) groups is 1. The predicted octanol–water partition coefficient (Wildman–Crippen LogP) is 2.25. The van der Waals surface area contributed by atoms with E-state index in [-0.39, 0.29) is 18.5 Å². The summed E-state index contributed by atoms with van der Waals surface area (Å²) in [4.78, 5) is 15.2. The summed E-state index contributed by atoms with van der Waals surface area (Å²) in [5.41, 5.74) is 0.526. The van der Waals surface area contributed by atoms with Crippen LogP contribution >= 0.6 is 0 Å². The molecule has 6 nitrogen and oxygen atoms in total. The van der Waals surface area contributed by atoms with E-state index in [0.29, 0.717) is 18.4 Å². The number of hydrogen-bond acceptors (Lipinski definition) is 4. The van der Waals surface area contributed by atoms with Crippen LogP contribution < -0.4 is 15.4 Å². The van der Waals surface area contributed by atoms with E-state index in [4.69, 9.17) is 0 Å². The molecule has 2 N–H and O–H groups in total. The smallest absolute Gasteiger partial charge is 0.388 e. The minimum atomic E-state index is -2.98. The number of nitrogens with one attached hydrogen (secondary N) is 2. The van der Waals surface area contributed by atoms with Crippen LogP contribution in [0.4, 0.5) is 22.4 Å². The number of urea groups is 1. The molecule has 0 unspecified atom stereocenters. The van der Waals surface area contributed by atoms with Crippen LogP contribution in [0.15, 0.2) is 18.3 Å². The van der Waals surface area contributed by atoms with Gasteiger partial charge in [-0.05, 0) is 24.5 Å². The van der Waals surface area contributed by atoms with Gasteiger partial charge in [0.15, 0.2) is 0 Å². The number of pyridine rings is 1.